The van der Waals surface area contributed by atoms with Gasteiger partial charge in [-0.05, 0) is 37.8 Å². The van der Waals surface area contributed by atoms with E-state index in [1.165, 1.54) is 4.88 Å². The third-order valence-corrected chi connectivity index (χ3v) is 4.03. The Labute approximate surface area is 118 Å². The molecule has 2 atom stereocenters. The number of aromatic nitrogens is 2. The van der Waals surface area contributed by atoms with Crippen LogP contribution in [0.2, 0.25) is 0 Å². The maximum atomic E-state index is 9.29. The normalized spacial score (nSPS) is 14.5. The lowest BCUT2D eigenvalue weighted by Crippen LogP contribution is -2.25. The zero-order valence-electron chi connectivity index (χ0n) is 11.4. The third-order valence-electron chi connectivity index (χ3n) is 3.09. The van der Waals surface area contributed by atoms with Gasteiger partial charge in [0.15, 0.2) is 0 Å². The van der Waals surface area contributed by atoms with E-state index < -0.39 is 0 Å². The molecule has 4 nitrogen and oxygen atoms in total. The smallest absolute Gasteiger partial charge is 0.131 e. The highest BCUT2D eigenvalue weighted by Gasteiger charge is 2.18. The van der Waals surface area contributed by atoms with Gasteiger partial charge in [0, 0.05) is 24.3 Å². The van der Waals surface area contributed by atoms with Crippen molar-refractivity contribution in [2.24, 2.45) is 7.05 Å². The zero-order valence-corrected chi connectivity index (χ0v) is 12.2. The highest BCUT2D eigenvalue weighted by Crippen LogP contribution is 2.24. The summed E-state index contributed by atoms with van der Waals surface area (Å²) in [6.07, 6.45) is 5.35. The molecular formula is C14H21N3OS. The Bertz CT molecular complexity index is 479. The lowest BCUT2D eigenvalue weighted by Gasteiger charge is -2.17. The van der Waals surface area contributed by atoms with Gasteiger partial charge in [-0.15, -0.1) is 11.3 Å². The molecule has 2 N–H and O–H groups in total. The maximum absolute atomic E-state index is 9.29. The lowest BCUT2D eigenvalue weighted by molar-refractivity contribution is 0.181. The van der Waals surface area contributed by atoms with E-state index >= 15 is 0 Å². The molecule has 19 heavy (non-hydrogen) atoms. The van der Waals surface area contributed by atoms with E-state index in [4.69, 9.17) is 0 Å². The number of imidazole rings is 1. The van der Waals surface area contributed by atoms with Crippen molar-refractivity contribution in [3.8, 4) is 0 Å². The molecule has 2 unspecified atom stereocenters. The number of hydrogen-bond acceptors (Lipinski definition) is 4. The fraction of sp³-hybridized carbons (Fsp3) is 0.500. The second-order valence-electron chi connectivity index (χ2n) is 4.79. The monoisotopic (exact) mass is 279 g/mol. The summed E-state index contributed by atoms with van der Waals surface area (Å²) in [5, 5.41) is 14.9. The molecule has 2 rings (SSSR count). The number of nitrogens with one attached hydrogen (secondary N) is 1. The summed E-state index contributed by atoms with van der Waals surface area (Å²) < 4.78 is 2.05. The number of aryl methyl sites for hydroxylation is 1. The predicted molar refractivity (Wildman–Crippen MR) is 78.3 cm³/mol. The zero-order chi connectivity index (χ0) is 13.7. The number of nitrogens with zero attached hydrogens (tertiary/aromatic N) is 2. The van der Waals surface area contributed by atoms with Crippen molar-refractivity contribution in [1.82, 2.24) is 14.9 Å². The molecular weight excluding hydrogens is 258 g/mol. The first-order chi connectivity index (χ1) is 9.18. The Balaban J connectivity index is 2.02. The van der Waals surface area contributed by atoms with E-state index in [0.717, 1.165) is 25.2 Å². The van der Waals surface area contributed by atoms with Crippen LogP contribution in [0.15, 0.2) is 29.9 Å². The van der Waals surface area contributed by atoms with Crippen LogP contribution in [-0.4, -0.2) is 27.3 Å². The second-order valence-corrected chi connectivity index (χ2v) is 5.77. The van der Waals surface area contributed by atoms with Gasteiger partial charge >= 0.3 is 0 Å². The van der Waals surface area contributed by atoms with E-state index in [2.05, 4.69) is 27.8 Å². The Hall–Kier alpha value is -1.17. The minimum absolute atomic E-state index is 0.133. The average Bonchev–Trinajstić information content (AvgIpc) is 3.01. The number of rotatable bonds is 7. The van der Waals surface area contributed by atoms with Crippen molar-refractivity contribution >= 4 is 11.3 Å². The first kappa shape index (κ1) is 14.2. The van der Waals surface area contributed by atoms with Gasteiger partial charge in [0.25, 0.3) is 0 Å². The van der Waals surface area contributed by atoms with Gasteiger partial charge in [-0.25, -0.2) is 4.98 Å². The highest BCUT2D eigenvalue weighted by atomic mass is 32.1. The van der Waals surface area contributed by atoms with Gasteiger partial charge in [0.05, 0.1) is 6.10 Å². The molecule has 0 bridgehead atoms. The molecule has 0 aromatic carbocycles. The fourth-order valence-electron chi connectivity index (χ4n) is 2.07. The SMILES string of the molecule is CC(O)CCCNC(c1cccs1)c1nccn1C. The quantitative estimate of drug-likeness (QED) is 0.765. The van der Waals surface area contributed by atoms with Gasteiger partial charge in [0.1, 0.15) is 11.9 Å². The summed E-state index contributed by atoms with van der Waals surface area (Å²) in [5.74, 6) is 1.03. The number of thiophene rings is 1. The van der Waals surface area contributed by atoms with Crippen LogP contribution in [0, 0.1) is 0 Å². The van der Waals surface area contributed by atoms with Crippen molar-refractivity contribution in [2.45, 2.75) is 31.9 Å². The number of hydrogen-bond donors (Lipinski definition) is 2. The van der Waals surface area contributed by atoms with Gasteiger partial charge in [-0.2, -0.15) is 0 Å². The first-order valence-electron chi connectivity index (χ1n) is 6.60. The summed E-state index contributed by atoms with van der Waals surface area (Å²) in [7, 11) is 2.01. The van der Waals surface area contributed by atoms with Crippen molar-refractivity contribution in [2.75, 3.05) is 6.54 Å². The van der Waals surface area contributed by atoms with E-state index in [1.807, 2.05) is 30.9 Å². The van der Waals surface area contributed by atoms with Crippen molar-refractivity contribution in [3.63, 3.8) is 0 Å². The Morgan fingerprint density at radius 2 is 2.37 bits per heavy atom. The summed E-state index contributed by atoms with van der Waals surface area (Å²) in [6, 6.07) is 4.33. The summed E-state index contributed by atoms with van der Waals surface area (Å²) >= 11 is 1.74. The molecule has 2 heterocycles. The van der Waals surface area contributed by atoms with Gasteiger partial charge < -0.3 is 15.0 Å². The minimum Gasteiger partial charge on any atom is -0.393 e. The van der Waals surface area contributed by atoms with Gasteiger partial charge in [0.2, 0.25) is 0 Å². The van der Waals surface area contributed by atoms with Crippen molar-refractivity contribution in [1.29, 1.82) is 0 Å². The van der Waals surface area contributed by atoms with Crippen LogP contribution in [-0.2, 0) is 7.05 Å². The Morgan fingerprint density at radius 1 is 1.53 bits per heavy atom. The minimum atomic E-state index is -0.227. The van der Waals surface area contributed by atoms with Crippen LogP contribution in [0.1, 0.15) is 36.5 Å². The second kappa shape index (κ2) is 6.84. The molecule has 0 saturated heterocycles. The van der Waals surface area contributed by atoms with Crippen LogP contribution in [0.3, 0.4) is 0 Å². The maximum Gasteiger partial charge on any atom is 0.131 e. The molecule has 0 aliphatic carbocycles. The lowest BCUT2D eigenvalue weighted by atomic mass is 10.2. The largest absolute Gasteiger partial charge is 0.393 e. The topological polar surface area (TPSA) is 50.1 Å². The Kier molecular flexibility index (Phi) is 5.13. The summed E-state index contributed by atoms with van der Waals surface area (Å²) in [5.41, 5.74) is 0. The number of aliphatic hydroxyl groups is 1. The molecule has 0 spiro atoms. The van der Waals surface area contributed by atoms with Gasteiger partial charge in [-0.1, -0.05) is 6.07 Å². The van der Waals surface area contributed by atoms with E-state index in [9.17, 15) is 5.11 Å². The van der Waals surface area contributed by atoms with Crippen LogP contribution in [0.25, 0.3) is 0 Å². The van der Waals surface area contributed by atoms with Crippen LogP contribution < -0.4 is 5.32 Å². The fourth-order valence-corrected chi connectivity index (χ4v) is 2.87. The molecule has 5 heteroatoms. The average molecular weight is 279 g/mol. The third kappa shape index (κ3) is 3.89. The predicted octanol–water partition coefficient (Wildman–Crippen LogP) is 2.32. The standard InChI is InChI=1S/C14H21N3OS/c1-11(18)5-3-7-15-13(12-6-4-10-19-12)14-16-8-9-17(14)2/h4,6,8-11,13,15,18H,3,5,7H2,1-2H3. The molecule has 2 aromatic heterocycles. The van der Waals surface area contributed by atoms with E-state index in [0.29, 0.717) is 0 Å². The Morgan fingerprint density at radius 3 is 2.95 bits per heavy atom. The molecule has 0 amide bonds. The van der Waals surface area contributed by atoms with E-state index in [-0.39, 0.29) is 12.1 Å². The summed E-state index contributed by atoms with van der Waals surface area (Å²) in [6.45, 7) is 2.70. The van der Waals surface area contributed by atoms with Crippen molar-refractivity contribution < 1.29 is 5.11 Å². The first-order valence-corrected chi connectivity index (χ1v) is 7.48. The van der Waals surface area contributed by atoms with Crippen LogP contribution in [0.4, 0.5) is 0 Å². The van der Waals surface area contributed by atoms with Crippen LogP contribution in [0.5, 0.6) is 0 Å². The molecule has 0 aliphatic heterocycles. The molecule has 0 aliphatic rings. The molecule has 0 saturated carbocycles. The van der Waals surface area contributed by atoms with E-state index in [1.54, 1.807) is 11.3 Å². The number of aliphatic hydroxyl groups excluding tert-OH is 1. The summed E-state index contributed by atoms with van der Waals surface area (Å²) in [4.78, 5) is 5.71. The molecule has 104 valence electrons. The highest BCUT2D eigenvalue weighted by molar-refractivity contribution is 7.10. The molecule has 2 aromatic rings. The van der Waals surface area contributed by atoms with Crippen LogP contribution >= 0.6 is 11.3 Å². The van der Waals surface area contributed by atoms with Gasteiger partial charge in [-0.3, -0.25) is 0 Å². The molecule has 0 radical (unpaired) electrons. The van der Waals surface area contributed by atoms with Crippen molar-refractivity contribution in [3.05, 3.63) is 40.6 Å². The molecule has 0 fully saturated rings.